The molecule has 2 aromatic carbocycles. The molecule has 0 saturated carbocycles. The number of rotatable bonds is 4. The predicted molar refractivity (Wildman–Crippen MR) is 107 cm³/mol. The van der Waals surface area contributed by atoms with Gasteiger partial charge in [-0.3, -0.25) is 9.59 Å². The molecule has 1 fully saturated rings. The van der Waals surface area contributed by atoms with Gasteiger partial charge in [0.25, 0.3) is 5.56 Å². The van der Waals surface area contributed by atoms with Crippen LogP contribution in [0.3, 0.4) is 0 Å². The van der Waals surface area contributed by atoms with Gasteiger partial charge in [-0.05, 0) is 49.6 Å². The van der Waals surface area contributed by atoms with Gasteiger partial charge in [0.1, 0.15) is 6.54 Å². The minimum atomic E-state index is -0.273. The molecule has 0 spiro atoms. The van der Waals surface area contributed by atoms with Gasteiger partial charge in [-0.1, -0.05) is 18.2 Å². The molecule has 1 amide bonds. The molecule has 1 N–H and O–H groups in total. The zero-order valence-electron chi connectivity index (χ0n) is 15.1. The van der Waals surface area contributed by atoms with Crippen LogP contribution in [-0.2, 0) is 11.3 Å². The molecule has 1 aromatic heterocycles. The van der Waals surface area contributed by atoms with Crippen LogP contribution in [-0.4, -0.2) is 28.8 Å². The molecule has 0 radical (unpaired) electrons. The average Bonchev–Trinajstić information content (AvgIpc) is 2.71. The molecule has 3 aromatic rings. The van der Waals surface area contributed by atoms with E-state index in [1.54, 1.807) is 18.3 Å². The van der Waals surface area contributed by atoms with Gasteiger partial charge in [-0.15, -0.1) is 0 Å². The van der Waals surface area contributed by atoms with E-state index in [0.717, 1.165) is 24.2 Å². The van der Waals surface area contributed by atoms with Crippen molar-refractivity contribution >= 4 is 28.1 Å². The van der Waals surface area contributed by atoms with Gasteiger partial charge in [0.2, 0.25) is 5.91 Å². The van der Waals surface area contributed by atoms with Gasteiger partial charge in [0.15, 0.2) is 0 Å². The van der Waals surface area contributed by atoms with Crippen molar-refractivity contribution in [2.75, 3.05) is 23.3 Å². The van der Waals surface area contributed by atoms with Crippen molar-refractivity contribution in [3.05, 3.63) is 65.1 Å². The summed E-state index contributed by atoms with van der Waals surface area (Å²) in [7, 11) is 0. The van der Waals surface area contributed by atoms with Crippen LogP contribution in [0.1, 0.15) is 19.3 Å². The van der Waals surface area contributed by atoms with Crippen molar-refractivity contribution in [1.82, 2.24) is 9.78 Å². The lowest BCUT2D eigenvalue weighted by Gasteiger charge is -2.28. The second-order valence-corrected chi connectivity index (χ2v) is 6.84. The first-order valence-corrected chi connectivity index (χ1v) is 9.30. The van der Waals surface area contributed by atoms with E-state index in [2.05, 4.69) is 15.3 Å². The fourth-order valence-corrected chi connectivity index (χ4v) is 3.48. The zero-order chi connectivity index (χ0) is 18.6. The Hall–Kier alpha value is -3.15. The van der Waals surface area contributed by atoms with Crippen LogP contribution in [0.15, 0.2) is 59.5 Å². The van der Waals surface area contributed by atoms with E-state index in [4.69, 9.17) is 0 Å². The number of anilines is 2. The third-order valence-corrected chi connectivity index (χ3v) is 4.93. The maximum Gasteiger partial charge on any atom is 0.275 e. The molecule has 6 nitrogen and oxygen atoms in total. The summed E-state index contributed by atoms with van der Waals surface area (Å²) in [5, 5.41) is 8.27. The summed E-state index contributed by atoms with van der Waals surface area (Å²) in [6, 6.07) is 15.1. The number of carbonyl (C=O) groups excluding carboxylic acids is 1. The fourth-order valence-electron chi connectivity index (χ4n) is 3.48. The Morgan fingerprint density at radius 2 is 1.74 bits per heavy atom. The van der Waals surface area contributed by atoms with E-state index in [0.29, 0.717) is 5.39 Å². The summed E-state index contributed by atoms with van der Waals surface area (Å²) < 4.78 is 1.19. The SMILES string of the molecule is O=C(Cn1ncc2ccccc2c1=O)Nc1ccc(N2CCCCC2)cc1. The summed E-state index contributed by atoms with van der Waals surface area (Å²) in [5.74, 6) is -0.273. The fraction of sp³-hybridized carbons (Fsp3) is 0.286. The van der Waals surface area contributed by atoms with Crippen LogP contribution in [0.2, 0.25) is 0 Å². The number of nitrogens with one attached hydrogen (secondary N) is 1. The third kappa shape index (κ3) is 3.84. The summed E-state index contributed by atoms with van der Waals surface area (Å²) in [6.45, 7) is 2.06. The van der Waals surface area contributed by atoms with Gasteiger partial charge in [-0.25, -0.2) is 4.68 Å². The van der Waals surface area contributed by atoms with Crippen molar-refractivity contribution in [1.29, 1.82) is 0 Å². The zero-order valence-corrected chi connectivity index (χ0v) is 15.1. The van der Waals surface area contributed by atoms with Crippen molar-refractivity contribution < 1.29 is 4.79 Å². The highest BCUT2D eigenvalue weighted by molar-refractivity contribution is 5.91. The molecule has 0 unspecified atom stereocenters. The Morgan fingerprint density at radius 3 is 2.52 bits per heavy atom. The maximum absolute atomic E-state index is 12.5. The van der Waals surface area contributed by atoms with Crippen LogP contribution in [0, 0.1) is 0 Å². The van der Waals surface area contributed by atoms with Crippen LogP contribution in [0.5, 0.6) is 0 Å². The summed E-state index contributed by atoms with van der Waals surface area (Å²) in [6.07, 6.45) is 5.36. The number of benzene rings is 2. The molecule has 2 heterocycles. The highest BCUT2D eigenvalue weighted by atomic mass is 16.2. The lowest BCUT2D eigenvalue weighted by Crippen LogP contribution is -2.30. The number of hydrogen-bond acceptors (Lipinski definition) is 4. The monoisotopic (exact) mass is 362 g/mol. The van der Waals surface area contributed by atoms with E-state index in [-0.39, 0.29) is 18.0 Å². The van der Waals surface area contributed by atoms with Gasteiger partial charge in [0.05, 0.1) is 11.6 Å². The minimum Gasteiger partial charge on any atom is -0.372 e. The molecule has 0 atom stereocenters. The van der Waals surface area contributed by atoms with E-state index in [9.17, 15) is 9.59 Å². The Bertz CT molecular complexity index is 1000. The minimum absolute atomic E-state index is 0.114. The Kier molecular flexibility index (Phi) is 4.87. The number of piperidine rings is 1. The number of hydrogen-bond donors (Lipinski definition) is 1. The molecule has 1 aliphatic heterocycles. The molecule has 6 heteroatoms. The van der Waals surface area contributed by atoms with Gasteiger partial charge in [0, 0.05) is 29.9 Å². The smallest absolute Gasteiger partial charge is 0.275 e. The van der Waals surface area contributed by atoms with E-state index >= 15 is 0 Å². The van der Waals surface area contributed by atoms with Crippen molar-refractivity contribution in [3.63, 3.8) is 0 Å². The van der Waals surface area contributed by atoms with Crippen LogP contribution < -0.4 is 15.8 Å². The topological polar surface area (TPSA) is 67.2 Å². The molecule has 1 saturated heterocycles. The molecular weight excluding hydrogens is 340 g/mol. The first-order chi connectivity index (χ1) is 13.2. The number of carbonyl (C=O) groups is 1. The Labute approximate surface area is 157 Å². The summed E-state index contributed by atoms with van der Waals surface area (Å²) >= 11 is 0. The summed E-state index contributed by atoms with van der Waals surface area (Å²) in [4.78, 5) is 27.2. The quantitative estimate of drug-likeness (QED) is 0.775. The van der Waals surface area contributed by atoms with E-state index in [1.165, 1.54) is 29.6 Å². The molecule has 1 aliphatic rings. The number of amides is 1. The largest absolute Gasteiger partial charge is 0.372 e. The number of aromatic nitrogens is 2. The molecule has 138 valence electrons. The summed E-state index contributed by atoms with van der Waals surface area (Å²) in [5.41, 5.74) is 1.64. The highest BCUT2D eigenvalue weighted by Gasteiger charge is 2.12. The second kappa shape index (κ2) is 7.61. The first kappa shape index (κ1) is 17.3. The van der Waals surface area contributed by atoms with Crippen LogP contribution in [0.25, 0.3) is 10.8 Å². The Morgan fingerprint density at radius 1 is 1.00 bits per heavy atom. The highest BCUT2D eigenvalue weighted by Crippen LogP contribution is 2.21. The van der Waals surface area contributed by atoms with Gasteiger partial charge >= 0.3 is 0 Å². The van der Waals surface area contributed by atoms with Crippen molar-refractivity contribution in [2.24, 2.45) is 0 Å². The van der Waals surface area contributed by atoms with Crippen LogP contribution in [0.4, 0.5) is 11.4 Å². The predicted octanol–water partition coefficient (Wildman–Crippen LogP) is 3.03. The normalized spacial score (nSPS) is 14.3. The van der Waals surface area contributed by atoms with E-state index in [1.807, 2.05) is 36.4 Å². The van der Waals surface area contributed by atoms with Gasteiger partial charge < -0.3 is 10.2 Å². The standard InChI is InChI=1S/C21H22N4O2/c26-20(15-25-21(27)19-7-3-2-6-16(19)14-22-25)23-17-8-10-18(11-9-17)24-12-4-1-5-13-24/h2-3,6-11,14H,1,4-5,12-13,15H2,(H,23,26). The van der Waals surface area contributed by atoms with Crippen LogP contribution >= 0.6 is 0 Å². The molecule has 0 bridgehead atoms. The molecule has 4 rings (SSSR count). The maximum atomic E-state index is 12.5. The second-order valence-electron chi connectivity index (χ2n) is 6.84. The van der Waals surface area contributed by atoms with Crippen molar-refractivity contribution in [2.45, 2.75) is 25.8 Å². The average molecular weight is 362 g/mol. The Balaban J connectivity index is 1.43. The third-order valence-electron chi connectivity index (χ3n) is 4.93. The van der Waals surface area contributed by atoms with E-state index < -0.39 is 0 Å². The number of fused-ring (bicyclic) bond motifs is 1. The lowest BCUT2D eigenvalue weighted by atomic mass is 10.1. The lowest BCUT2D eigenvalue weighted by molar-refractivity contribution is -0.117. The number of nitrogens with zero attached hydrogens (tertiary/aromatic N) is 3. The molecule has 27 heavy (non-hydrogen) atoms. The molecular formula is C21H22N4O2. The van der Waals surface area contributed by atoms with Crippen molar-refractivity contribution in [3.8, 4) is 0 Å². The molecule has 0 aliphatic carbocycles. The van der Waals surface area contributed by atoms with Gasteiger partial charge in [-0.2, -0.15) is 5.10 Å². The first-order valence-electron chi connectivity index (χ1n) is 9.30.